The first kappa shape index (κ1) is 19.3. The summed E-state index contributed by atoms with van der Waals surface area (Å²) >= 11 is 0. The van der Waals surface area contributed by atoms with Crippen molar-refractivity contribution in [2.24, 2.45) is 5.92 Å². The number of anilines is 1. The number of para-hydroxylation sites is 2. The van der Waals surface area contributed by atoms with Gasteiger partial charge in [-0.15, -0.1) is 0 Å². The molecule has 1 unspecified atom stereocenters. The van der Waals surface area contributed by atoms with Crippen LogP contribution >= 0.6 is 0 Å². The van der Waals surface area contributed by atoms with Crippen LogP contribution in [0.25, 0.3) is 0 Å². The number of hydrogen-bond acceptors (Lipinski definition) is 2. The number of carbonyl (C=O) groups is 1. The molecule has 1 aliphatic carbocycles. The smallest absolute Gasteiger partial charge is 0.228 e. The zero-order valence-electron chi connectivity index (χ0n) is 17.2. The van der Waals surface area contributed by atoms with Crippen molar-refractivity contribution in [1.82, 2.24) is 0 Å². The Morgan fingerprint density at radius 2 is 1.48 bits per heavy atom. The molecule has 0 aliphatic heterocycles. The van der Waals surface area contributed by atoms with Gasteiger partial charge in [-0.3, -0.25) is 4.79 Å². The molecule has 1 atom stereocenters. The third-order valence-corrected chi connectivity index (χ3v) is 5.86. The lowest BCUT2D eigenvalue weighted by atomic mass is 9.85. The third kappa shape index (κ3) is 3.65. The third-order valence-electron chi connectivity index (χ3n) is 5.86. The minimum atomic E-state index is -0.272. The van der Waals surface area contributed by atoms with Crippen molar-refractivity contribution in [3.8, 4) is 5.75 Å². The molecule has 3 aromatic rings. The molecule has 0 saturated heterocycles. The average Bonchev–Trinajstić information content (AvgIpc) is 3.48. The molecule has 1 saturated carbocycles. The highest BCUT2D eigenvalue weighted by atomic mass is 16.5. The summed E-state index contributed by atoms with van der Waals surface area (Å²) in [6, 6.07) is 24.8. The van der Waals surface area contributed by atoms with E-state index >= 15 is 0 Å². The Labute approximate surface area is 172 Å². The van der Waals surface area contributed by atoms with Gasteiger partial charge < -0.3 is 10.1 Å². The summed E-state index contributed by atoms with van der Waals surface area (Å²) in [5, 5.41) is 3.11. The van der Waals surface area contributed by atoms with Gasteiger partial charge in [0, 0.05) is 5.41 Å². The van der Waals surface area contributed by atoms with E-state index in [1.807, 2.05) is 31.2 Å². The van der Waals surface area contributed by atoms with Crippen LogP contribution in [-0.2, 0) is 10.2 Å². The maximum atomic E-state index is 13.3. The van der Waals surface area contributed by atoms with Crippen LogP contribution < -0.4 is 10.1 Å². The first-order valence-electron chi connectivity index (χ1n) is 10.2. The molecule has 0 heterocycles. The Balaban J connectivity index is 1.66. The van der Waals surface area contributed by atoms with E-state index in [0.717, 1.165) is 12.1 Å². The van der Waals surface area contributed by atoms with Gasteiger partial charge in [0.25, 0.3) is 0 Å². The van der Waals surface area contributed by atoms with Gasteiger partial charge in [-0.05, 0) is 50.5 Å². The van der Waals surface area contributed by atoms with E-state index in [0.29, 0.717) is 12.4 Å². The quantitative estimate of drug-likeness (QED) is 0.596. The van der Waals surface area contributed by atoms with Crippen LogP contribution in [0.3, 0.4) is 0 Å². The van der Waals surface area contributed by atoms with Crippen molar-refractivity contribution >= 4 is 11.6 Å². The van der Waals surface area contributed by atoms with Crippen molar-refractivity contribution in [2.75, 3.05) is 11.9 Å². The number of carbonyl (C=O) groups excluding carboxylic acids is 1. The summed E-state index contributed by atoms with van der Waals surface area (Å²) < 4.78 is 5.67. The van der Waals surface area contributed by atoms with E-state index in [1.165, 1.54) is 22.3 Å². The van der Waals surface area contributed by atoms with E-state index in [4.69, 9.17) is 4.74 Å². The highest BCUT2D eigenvalue weighted by molar-refractivity contribution is 5.98. The molecule has 1 aliphatic rings. The molecule has 4 rings (SSSR count). The summed E-state index contributed by atoms with van der Waals surface area (Å²) in [7, 11) is 0. The molecule has 1 fully saturated rings. The topological polar surface area (TPSA) is 38.3 Å². The van der Waals surface area contributed by atoms with Crippen molar-refractivity contribution < 1.29 is 9.53 Å². The van der Waals surface area contributed by atoms with Gasteiger partial charge >= 0.3 is 0 Å². The summed E-state index contributed by atoms with van der Waals surface area (Å²) in [5.74, 6) is 0.640. The normalized spacial score (nSPS) is 16.9. The Morgan fingerprint density at radius 1 is 0.931 bits per heavy atom. The van der Waals surface area contributed by atoms with Gasteiger partial charge in [0.05, 0.1) is 18.2 Å². The number of rotatable bonds is 6. The number of nitrogens with one attached hydrogen (secondary N) is 1. The fraction of sp³-hybridized carbons (Fsp3) is 0.269. The molecule has 3 aromatic carbocycles. The summed E-state index contributed by atoms with van der Waals surface area (Å²) in [6.07, 6.45) is 0.807. The van der Waals surface area contributed by atoms with Gasteiger partial charge in [0.15, 0.2) is 0 Å². The fourth-order valence-corrected chi connectivity index (χ4v) is 4.16. The lowest BCUT2D eigenvalue weighted by Crippen LogP contribution is -2.22. The molecule has 148 valence electrons. The Morgan fingerprint density at radius 3 is 2.03 bits per heavy atom. The Hall–Kier alpha value is -3.07. The average molecular weight is 386 g/mol. The van der Waals surface area contributed by atoms with Gasteiger partial charge in [-0.2, -0.15) is 0 Å². The molecule has 0 radical (unpaired) electrons. The van der Waals surface area contributed by atoms with E-state index in [-0.39, 0.29) is 17.2 Å². The molecule has 29 heavy (non-hydrogen) atoms. The largest absolute Gasteiger partial charge is 0.492 e. The van der Waals surface area contributed by atoms with Gasteiger partial charge in [0.2, 0.25) is 5.91 Å². The maximum Gasteiger partial charge on any atom is 0.228 e. The Bertz CT molecular complexity index is 960. The standard InChI is InChI=1S/C26H27NO2/c1-4-29-24-8-6-5-7-23(24)27-25(28)22-17-26(22,20-13-9-18(2)10-14-20)21-15-11-19(3)12-16-21/h5-16,22H,4,17H2,1-3H3,(H,27,28). The van der Waals surface area contributed by atoms with Crippen LogP contribution in [0.1, 0.15) is 35.6 Å². The van der Waals surface area contributed by atoms with E-state index in [9.17, 15) is 4.79 Å². The summed E-state index contributed by atoms with van der Waals surface area (Å²) in [6.45, 7) is 6.68. The van der Waals surface area contributed by atoms with E-state index < -0.39 is 0 Å². The van der Waals surface area contributed by atoms with Crippen molar-refractivity contribution in [3.63, 3.8) is 0 Å². The monoisotopic (exact) mass is 385 g/mol. The lowest BCUT2D eigenvalue weighted by Gasteiger charge is -2.20. The predicted molar refractivity (Wildman–Crippen MR) is 117 cm³/mol. The van der Waals surface area contributed by atoms with E-state index in [1.54, 1.807) is 0 Å². The van der Waals surface area contributed by atoms with Crippen LogP contribution in [-0.4, -0.2) is 12.5 Å². The number of amides is 1. The minimum Gasteiger partial charge on any atom is -0.492 e. The van der Waals surface area contributed by atoms with Gasteiger partial charge in [-0.1, -0.05) is 71.8 Å². The van der Waals surface area contributed by atoms with Crippen LogP contribution in [0.2, 0.25) is 0 Å². The van der Waals surface area contributed by atoms with Crippen LogP contribution in [0.5, 0.6) is 5.75 Å². The molecular weight excluding hydrogens is 358 g/mol. The molecule has 0 aromatic heterocycles. The second-order valence-corrected chi connectivity index (χ2v) is 7.88. The Kier molecular flexibility index (Phi) is 5.14. The van der Waals surface area contributed by atoms with Crippen LogP contribution in [0.15, 0.2) is 72.8 Å². The number of hydrogen-bond donors (Lipinski definition) is 1. The maximum absolute atomic E-state index is 13.3. The highest BCUT2D eigenvalue weighted by Crippen LogP contribution is 2.59. The second-order valence-electron chi connectivity index (χ2n) is 7.88. The molecule has 0 spiro atoms. The predicted octanol–water partition coefficient (Wildman–Crippen LogP) is 5.65. The SMILES string of the molecule is CCOc1ccccc1NC(=O)C1CC1(c1ccc(C)cc1)c1ccc(C)cc1. The highest BCUT2D eigenvalue weighted by Gasteiger charge is 2.60. The number of aryl methyl sites for hydroxylation is 2. The molecule has 3 nitrogen and oxygen atoms in total. The molecular formula is C26H27NO2. The fourth-order valence-electron chi connectivity index (χ4n) is 4.16. The molecule has 1 N–H and O–H groups in total. The minimum absolute atomic E-state index is 0.0401. The van der Waals surface area contributed by atoms with Gasteiger partial charge in [-0.25, -0.2) is 0 Å². The lowest BCUT2D eigenvalue weighted by molar-refractivity contribution is -0.117. The van der Waals surface area contributed by atoms with Crippen LogP contribution in [0.4, 0.5) is 5.69 Å². The first-order chi connectivity index (χ1) is 14.0. The number of benzene rings is 3. The van der Waals surface area contributed by atoms with Crippen molar-refractivity contribution in [1.29, 1.82) is 0 Å². The zero-order valence-corrected chi connectivity index (χ0v) is 17.2. The van der Waals surface area contributed by atoms with E-state index in [2.05, 4.69) is 67.7 Å². The molecule has 1 amide bonds. The zero-order chi connectivity index (χ0) is 20.4. The van der Waals surface area contributed by atoms with Gasteiger partial charge in [0.1, 0.15) is 5.75 Å². The summed E-state index contributed by atoms with van der Waals surface area (Å²) in [4.78, 5) is 13.3. The first-order valence-corrected chi connectivity index (χ1v) is 10.2. The second kappa shape index (κ2) is 7.75. The van der Waals surface area contributed by atoms with Crippen molar-refractivity contribution in [2.45, 2.75) is 32.6 Å². The number of ether oxygens (including phenoxy) is 1. The molecule has 0 bridgehead atoms. The summed E-state index contributed by atoms with van der Waals surface area (Å²) in [5.41, 5.74) is 5.30. The van der Waals surface area contributed by atoms with Crippen molar-refractivity contribution in [3.05, 3.63) is 95.1 Å². The molecule has 3 heteroatoms. The van der Waals surface area contributed by atoms with Crippen LogP contribution in [0, 0.1) is 19.8 Å².